The molecule has 1 fully saturated rings. The van der Waals surface area contributed by atoms with Crippen molar-refractivity contribution >= 4 is 40.1 Å². The molecule has 2 aromatic heterocycles. The molecule has 0 spiro atoms. The van der Waals surface area contributed by atoms with Gasteiger partial charge in [-0.1, -0.05) is 11.6 Å². The fourth-order valence-electron chi connectivity index (χ4n) is 3.27. The molecule has 0 radical (unpaired) electrons. The number of halogens is 2. The standard InChI is InChI=1S/C18H19ClFN7/c19-13-7-12(4-5-14(13)20)25-17-16-15(23-9-24-17)8-22-18(27-16)26-11-3-1-2-10(21)6-11/h4-5,7-11H,1-3,6,21H2,(H,22,26,27)(H,23,24,25). The smallest absolute Gasteiger partial charge is 0.223 e. The lowest BCUT2D eigenvalue weighted by atomic mass is 9.92. The molecule has 2 atom stereocenters. The number of anilines is 3. The van der Waals surface area contributed by atoms with Gasteiger partial charge in [-0.25, -0.2) is 24.3 Å². The number of rotatable bonds is 4. The molecule has 1 saturated carbocycles. The van der Waals surface area contributed by atoms with Gasteiger partial charge < -0.3 is 16.4 Å². The Morgan fingerprint density at radius 2 is 2.07 bits per heavy atom. The molecule has 1 aliphatic rings. The van der Waals surface area contributed by atoms with E-state index in [0.717, 1.165) is 25.7 Å². The third kappa shape index (κ3) is 4.06. The minimum Gasteiger partial charge on any atom is -0.351 e. The van der Waals surface area contributed by atoms with Gasteiger partial charge in [-0.3, -0.25) is 0 Å². The van der Waals surface area contributed by atoms with E-state index in [1.165, 1.54) is 18.5 Å². The molecular weight excluding hydrogens is 369 g/mol. The summed E-state index contributed by atoms with van der Waals surface area (Å²) in [5.41, 5.74) is 7.83. The van der Waals surface area contributed by atoms with Crippen LogP contribution >= 0.6 is 11.6 Å². The number of fused-ring (bicyclic) bond motifs is 1. The Morgan fingerprint density at radius 3 is 2.89 bits per heavy atom. The Morgan fingerprint density at radius 1 is 1.19 bits per heavy atom. The summed E-state index contributed by atoms with van der Waals surface area (Å²) in [7, 11) is 0. The molecule has 9 heteroatoms. The summed E-state index contributed by atoms with van der Waals surface area (Å²) < 4.78 is 13.4. The van der Waals surface area contributed by atoms with Crippen LogP contribution in [0.4, 0.5) is 21.8 Å². The van der Waals surface area contributed by atoms with Crippen LogP contribution in [0.2, 0.25) is 5.02 Å². The lowest BCUT2D eigenvalue weighted by Gasteiger charge is -2.27. The van der Waals surface area contributed by atoms with Crippen molar-refractivity contribution in [3.8, 4) is 0 Å². The Hall–Kier alpha value is -2.58. The number of nitrogens with two attached hydrogens (primary N) is 1. The second-order valence-corrected chi connectivity index (χ2v) is 7.08. The van der Waals surface area contributed by atoms with Gasteiger partial charge in [0.1, 0.15) is 23.2 Å². The van der Waals surface area contributed by atoms with E-state index < -0.39 is 5.82 Å². The molecule has 2 heterocycles. The highest BCUT2D eigenvalue weighted by Crippen LogP contribution is 2.26. The number of nitrogens with zero attached hydrogens (tertiary/aromatic N) is 4. The summed E-state index contributed by atoms with van der Waals surface area (Å²) in [6.07, 6.45) is 7.16. The maximum atomic E-state index is 13.4. The van der Waals surface area contributed by atoms with Crippen molar-refractivity contribution in [2.75, 3.05) is 10.6 Å². The van der Waals surface area contributed by atoms with Gasteiger partial charge in [-0.15, -0.1) is 0 Å². The fourth-order valence-corrected chi connectivity index (χ4v) is 3.45. The van der Waals surface area contributed by atoms with E-state index in [9.17, 15) is 4.39 Å². The van der Waals surface area contributed by atoms with Crippen molar-refractivity contribution in [3.63, 3.8) is 0 Å². The predicted molar refractivity (Wildman–Crippen MR) is 104 cm³/mol. The molecule has 4 rings (SSSR count). The van der Waals surface area contributed by atoms with Crippen molar-refractivity contribution in [3.05, 3.63) is 41.6 Å². The molecule has 0 aliphatic heterocycles. The normalized spacial score (nSPS) is 19.8. The first-order chi connectivity index (χ1) is 13.1. The molecule has 3 aromatic rings. The Kier molecular flexibility index (Phi) is 5.00. The molecule has 0 amide bonds. The van der Waals surface area contributed by atoms with Crippen LogP contribution in [0.3, 0.4) is 0 Å². The van der Waals surface area contributed by atoms with Gasteiger partial charge in [0.05, 0.1) is 11.2 Å². The largest absolute Gasteiger partial charge is 0.351 e. The van der Waals surface area contributed by atoms with Gasteiger partial charge in [-0.05, 0) is 43.9 Å². The first-order valence-electron chi connectivity index (χ1n) is 8.80. The van der Waals surface area contributed by atoms with E-state index in [0.29, 0.717) is 28.5 Å². The van der Waals surface area contributed by atoms with Gasteiger partial charge in [0.2, 0.25) is 5.95 Å². The highest BCUT2D eigenvalue weighted by molar-refractivity contribution is 6.31. The van der Waals surface area contributed by atoms with Crippen molar-refractivity contribution in [2.45, 2.75) is 37.8 Å². The lowest BCUT2D eigenvalue weighted by Crippen LogP contribution is -2.35. The lowest BCUT2D eigenvalue weighted by molar-refractivity contribution is 0.408. The average Bonchev–Trinajstić information content (AvgIpc) is 2.65. The third-order valence-corrected chi connectivity index (χ3v) is 4.90. The van der Waals surface area contributed by atoms with Crippen molar-refractivity contribution in [1.82, 2.24) is 19.9 Å². The third-order valence-electron chi connectivity index (χ3n) is 4.61. The Bertz CT molecular complexity index is 968. The highest BCUT2D eigenvalue weighted by atomic mass is 35.5. The van der Waals surface area contributed by atoms with Gasteiger partial charge >= 0.3 is 0 Å². The minimum atomic E-state index is -0.478. The van der Waals surface area contributed by atoms with Crippen LogP contribution in [-0.4, -0.2) is 32.0 Å². The molecule has 2 unspecified atom stereocenters. The van der Waals surface area contributed by atoms with E-state index >= 15 is 0 Å². The van der Waals surface area contributed by atoms with Gasteiger partial charge in [0.15, 0.2) is 5.82 Å². The average molecular weight is 388 g/mol. The van der Waals surface area contributed by atoms with Crippen LogP contribution in [0.25, 0.3) is 11.0 Å². The number of hydrogen-bond acceptors (Lipinski definition) is 7. The van der Waals surface area contributed by atoms with E-state index in [1.807, 2.05) is 0 Å². The first-order valence-corrected chi connectivity index (χ1v) is 9.18. The number of benzene rings is 1. The van der Waals surface area contributed by atoms with Gasteiger partial charge in [-0.2, -0.15) is 0 Å². The molecule has 140 valence electrons. The summed E-state index contributed by atoms with van der Waals surface area (Å²) in [6, 6.07) is 4.83. The van der Waals surface area contributed by atoms with Crippen LogP contribution in [0.5, 0.6) is 0 Å². The molecule has 1 aliphatic carbocycles. The molecule has 0 bridgehead atoms. The van der Waals surface area contributed by atoms with Gasteiger partial charge in [0.25, 0.3) is 0 Å². The molecule has 0 saturated heterocycles. The zero-order valence-electron chi connectivity index (χ0n) is 14.5. The summed E-state index contributed by atoms with van der Waals surface area (Å²) in [5, 5.41) is 6.50. The molecule has 1 aromatic carbocycles. The van der Waals surface area contributed by atoms with Crippen LogP contribution in [0, 0.1) is 5.82 Å². The molecular formula is C18H19ClFN7. The summed E-state index contributed by atoms with van der Waals surface area (Å²) >= 11 is 5.85. The Balaban J connectivity index is 1.61. The summed E-state index contributed by atoms with van der Waals surface area (Å²) in [4.78, 5) is 17.4. The second kappa shape index (κ2) is 7.58. The van der Waals surface area contributed by atoms with E-state index in [1.54, 1.807) is 12.3 Å². The number of aromatic nitrogens is 4. The van der Waals surface area contributed by atoms with Crippen molar-refractivity contribution < 1.29 is 4.39 Å². The predicted octanol–water partition coefficient (Wildman–Crippen LogP) is 3.64. The van der Waals surface area contributed by atoms with E-state index in [4.69, 9.17) is 17.3 Å². The summed E-state index contributed by atoms with van der Waals surface area (Å²) in [6.45, 7) is 0. The Labute approximate surface area is 160 Å². The van der Waals surface area contributed by atoms with E-state index in [-0.39, 0.29) is 17.1 Å². The fraction of sp³-hybridized carbons (Fsp3) is 0.333. The number of nitrogens with one attached hydrogen (secondary N) is 2. The molecule has 27 heavy (non-hydrogen) atoms. The maximum Gasteiger partial charge on any atom is 0.223 e. The van der Waals surface area contributed by atoms with Crippen LogP contribution in [-0.2, 0) is 0 Å². The molecule has 4 N–H and O–H groups in total. The maximum absolute atomic E-state index is 13.4. The van der Waals surface area contributed by atoms with E-state index in [2.05, 4.69) is 30.6 Å². The monoisotopic (exact) mass is 387 g/mol. The quantitative estimate of drug-likeness (QED) is 0.628. The highest BCUT2D eigenvalue weighted by Gasteiger charge is 2.20. The first kappa shape index (κ1) is 17.8. The number of hydrogen-bond donors (Lipinski definition) is 3. The zero-order valence-corrected chi connectivity index (χ0v) is 15.2. The van der Waals surface area contributed by atoms with Crippen molar-refractivity contribution in [2.24, 2.45) is 5.73 Å². The van der Waals surface area contributed by atoms with Gasteiger partial charge in [0, 0.05) is 17.8 Å². The second-order valence-electron chi connectivity index (χ2n) is 6.67. The van der Waals surface area contributed by atoms with Crippen LogP contribution in [0.1, 0.15) is 25.7 Å². The van der Waals surface area contributed by atoms with Crippen LogP contribution < -0.4 is 16.4 Å². The topological polar surface area (TPSA) is 102 Å². The van der Waals surface area contributed by atoms with Crippen LogP contribution in [0.15, 0.2) is 30.7 Å². The minimum absolute atomic E-state index is 0.0315. The molecule has 7 nitrogen and oxygen atoms in total. The SMILES string of the molecule is NC1CCCC(Nc2ncc3ncnc(Nc4ccc(F)c(Cl)c4)c3n2)C1. The zero-order chi connectivity index (χ0) is 18.8. The summed E-state index contributed by atoms with van der Waals surface area (Å²) in [5.74, 6) is 0.527. The van der Waals surface area contributed by atoms with Crippen molar-refractivity contribution in [1.29, 1.82) is 0 Å².